The SMILES string of the molecule is CS(=O)(=O)c1ccc(N2CC3CCCNC3C2)cc1. The second-order valence-electron chi connectivity index (χ2n) is 5.63. The standard InChI is InChI=1S/C14H20N2O2S/c1-19(17,18)13-6-4-12(5-7-13)16-9-11-3-2-8-15-14(11)10-16/h4-7,11,14-15H,2-3,8-10H2,1H3. The minimum Gasteiger partial charge on any atom is -0.370 e. The van der Waals surface area contributed by atoms with Crippen LogP contribution in [0.3, 0.4) is 0 Å². The molecule has 2 aliphatic rings. The van der Waals surface area contributed by atoms with Gasteiger partial charge in [-0.25, -0.2) is 8.42 Å². The summed E-state index contributed by atoms with van der Waals surface area (Å²) >= 11 is 0. The van der Waals surface area contributed by atoms with Gasteiger partial charge in [-0.2, -0.15) is 0 Å². The van der Waals surface area contributed by atoms with Gasteiger partial charge in [0.2, 0.25) is 0 Å². The van der Waals surface area contributed by atoms with Crippen LogP contribution in [-0.2, 0) is 9.84 Å². The largest absolute Gasteiger partial charge is 0.370 e. The Morgan fingerprint density at radius 2 is 1.95 bits per heavy atom. The number of hydrogen-bond donors (Lipinski definition) is 1. The molecule has 19 heavy (non-hydrogen) atoms. The summed E-state index contributed by atoms with van der Waals surface area (Å²) in [4.78, 5) is 2.76. The van der Waals surface area contributed by atoms with Crippen LogP contribution in [0.25, 0.3) is 0 Å². The molecular weight excluding hydrogens is 260 g/mol. The normalized spacial score (nSPS) is 27.3. The lowest BCUT2D eigenvalue weighted by Crippen LogP contribution is -2.40. The maximum absolute atomic E-state index is 11.4. The fraction of sp³-hybridized carbons (Fsp3) is 0.571. The molecule has 1 aromatic rings. The Balaban J connectivity index is 1.77. The van der Waals surface area contributed by atoms with Gasteiger partial charge in [-0.05, 0) is 49.6 Å². The fourth-order valence-electron chi connectivity index (χ4n) is 3.16. The summed E-state index contributed by atoms with van der Waals surface area (Å²) in [6.07, 6.45) is 3.81. The molecule has 5 heteroatoms. The first kappa shape index (κ1) is 12.9. The van der Waals surface area contributed by atoms with Crippen LogP contribution in [0.1, 0.15) is 12.8 Å². The molecule has 0 bridgehead atoms. The van der Waals surface area contributed by atoms with Crippen molar-refractivity contribution in [2.75, 3.05) is 30.8 Å². The van der Waals surface area contributed by atoms with Crippen molar-refractivity contribution in [1.29, 1.82) is 0 Å². The first-order valence-electron chi connectivity index (χ1n) is 6.82. The summed E-state index contributed by atoms with van der Waals surface area (Å²) in [6, 6.07) is 7.87. The molecule has 2 heterocycles. The predicted octanol–water partition coefficient (Wildman–Crippen LogP) is 1.28. The van der Waals surface area contributed by atoms with Crippen LogP contribution in [0.15, 0.2) is 29.2 Å². The zero-order valence-corrected chi connectivity index (χ0v) is 12.0. The highest BCUT2D eigenvalue weighted by molar-refractivity contribution is 7.90. The maximum atomic E-state index is 11.4. The van der Waals surface area contributed by atoms with Crippen molar-refractivity contribution in [3.8, 4) is 0 Å². The Kier molecular flexibility index (Phi) is 3.27. The third-order valence-electron chi connectivity index (χ3n) is 4.23. The van der Waals surface area contributed by atoms with E-state index in [0.717, 1.165) is 31.2 Å². The van der Waals surface area contributed by atoms with Crippen molar-refractivity contribution >= 4 is 15.5 Å². The van der Waals surface area contributed by atoms with E-state index in [1.54, 1.807) is 12.1 Å². The van der Waals surface area contributed by atoms with E-state index in [1.807, 2.05) is 12.1 Å². The lowest BCUT2D eigenvalue weighted by molar-refractivity contribution is 0.340. The number of rotatable bonds is 2. The van der Waals surface area contributed by atoms with Crippen molar-refractivity contribution in [3.05, 3.63) is 24.3 Å². The Morgan fingerprint density at radius 1 is 1.21 bits per heavy atom. The third kappa shape index (κ3) is 2.62. The molecular formula is C14H20N2O2S. The third-order valence-corrected chi connectivity index (χ3v) is 5.36. The van der Waals surface area contributed by atoms with E-state index >= 15 is 0 Å². The molecule has 0 aromatic heterocycles. The lowest BCUT2D eigenvalue weighted by atomic mass is 9.94. The van der Waals surface area contributed by atoms with Gasteiger partial charge in [-0.15, -0.1) is 0 Å². The van der Waals surface area contributed by atoms with E-state index in [1.165, 1.54) is 19.1 Å². The Morgan fingerprint density at radius 3 is 2.58 bits per heavy atom. The monoisotopic (exact) mass is 280 g/mol. The highest BCUT2D eigenvalue weighted by Gasteiger charge is 2.34. The minimum atomic E-state index is -3.09. The first-order valence-corrected chi connectivity index (χ1v) is 8.71. The summed E-state index contributed by atoms with van der Waals surface area (Å²) in [7, 11) is -3.09. The summed E-state index contributed by atoms with van der Waals surface area (Å²) in [5, 5.41) is 3.58. The van der Waals surface area contributed by atoms with Crippen LogP contribution in [-0.4, -0.2) is 40.3 Å². The van der Waals surface area contributed by atoms with Crippen molar-refractivity contribution in [1.82, 2.24) is 5.32 Å². The molecule has 104 valence electrons. The Hall–Kier alpha value is -1.07. The van der Waals surface area contributed by atoms with Gasteiger partial charge in [0.25, 0.3) is 0 Å². The molecule has 1 aromatic carbocycles. The predicted molar refractivity (Wildman–Crippen MR) is 76.3 cm³/mol. The maximum Gasteiger partial charge on any atom is 0.175 e. The zero-order chi connectivity index (χ0) is 13.5. The van der Waals surface area contributed by atoms with Gasteiger partial charge in [0.15, 0.2) is 9.84 Å². The number of fused-ring (bicyclic) bond motifs is 1. The number of piperidine rings is 1. The second-order valence-corrected chi connectivity index (χ2v) is 7.65. The number of nitrogens with zero attached hydrogens (tertiary/aromatic N) is 1. The van der Waals surface area contributed by atoms with Crippen LogP contribution < -0.4 is 10.2 Å². The van der Waals surface area contributed by atoms with Gasteiger partial charge >= 0.3 is 0 Å². The Labute approximate surface area is 114 Å². The molecule has 2 unspecified atom stereocenters. The highest BCUT2D eigenvalue weighted by atomic mass is 32.2. The van der Waals surface area contributed by atoms with Crippen LogP contribution in [0.2, 0.25) is 0 Å². The van der Waals surface area contributed by atoms with Crippen molar-refractivity contribution in [2.45, 2.75) is 23.8 Å². The van der Waals surface area contributed by atoms with Crippen molar-refractivity contribution in [3.63, 3.8) is 0 Å². The molecule has 2 atom stereocenters. The molecule has 2 fully saturated rings. The van der Waals surface area contributed by atoms with Gasteiger partial charge in [0.1, 0.15) is 0 Å². The molecule has 0 radical (unpaired) electrons. The smallest absolute Gasteiger partial charge is 0.175 e. The van der Waals surface area contributed by atoms with E-state index < -0.39 is 9.84 Å². The molecule has 3 rings (SSSR count). The number of hydrogen-bond acceptors (Lipinski definition) is 4. The van der Waals surface area contributed by atoms with Crippen molar-refractivity contribution in [2.24, 2.45) is 5.92 Å². The van der Waals surface area contributed by atoms with Gasteiger partial charge in [-0.3, -0.25) is 0 Å². The Bertz CT molecular complexity index is 539. The number of sulfone groups is 1. The summed E-state index contributed by atoms with van der Waals surface area (Å²) in [6.45, 7) is 3.24. The lowest BCUT2D eigenvalue weighted by Gasteiger charge is -2.24. The topological polar surface area (TPSA) is 49.4 Å². The molecule has 2 saturated heterocycles. The average Bonchev–Trinajstić information content (AvgIpc) is 2.81. The second kappa shape index (κ2) is 4.80. The fourth-order valence-corrected chi connectivity index (χ4v) is 3.79. The first-order chi connectivity index (χ1) is 9.04. The van der Waals surface area contributed by atoms with E-state index in [0.29, 0.717) is 10.9 Å². The van der Waals surface area contributed by atoms with E-state index in [-0.39, 0.29) is 0 Å². The minimum absolute atomic E-state index is 0.394. The number of benzene rings is 1. The average molecular weight is 280 g/mol. The van der Waals surface area contributed by atoms with E-state index in [9.17, 15) is 8.42 Å². The summed E-state index contributed by atoms with van der Waals surface area (Å²) < 4.78 is 22.9. The number of nitrogens with one attached hydrogen (secondary N) is 1. The quantitative estimate of drug-likeness (QED) is 0.886. The van der Waals surface area contributed by atoms with E-state index in [2.05, 4.69) is 10.2 Å². The van der Waals surface area contributed by atoms with Gasteiger partial charge in [0.05, 0.1) is 4.90 Å². The van der Waals surface area contributed by atoms with Crippen molar-refractivity contribution < 1.29 is 8.42 Å². The molecule has 4 nitrogen and oxygen atoms in total. The van der Waals surface area contributed by atoms with E-state index in [4.69, 9.17) is 0 Å². The van der Waals surface area contributed by atoms with Crippen LogP contribution in [0, 0.1) is 5.92 Å². The molecule has 0 amide bonds. The van der Waals surface area contributed by atoms with Crippen LogP contribution in [0.5, 0.6) is 0 Å². The van der Waals surface area contributed by atoms with Gasteiger partial charge in [0, 0.05) is 31.1 Å². The van der Waals surface area contributed by atoms with Crippen LogP contribution in [0.4, 0.5) is 5.69 Å². The summed E-state index contributed by atoms with van der Waals surface area (Å²) in [5.41, 5.74) is 1.13. The molecule has 0 aliphatic carbocycles. The molecule has 1 N–H and O–H groups in total. The molecule has 2 aliphatic heterocycles. The number of anilines is 1. The molecule has 0 spiro atoms. The zero-order valence-electron chi connectivity index (χ0n) is 11.2. The molecule has 0 saturated carbocycles. The summed E-state index contributed by atoms with van der Waals surface area (Å²) in [5.74, 6) is 0.739. The van der Waals surface area contributed by atoms with Gasteiger partial charge < -0.3 is 10.2 Å². The highest BCUT2D eigenvalue weighted by Crippen LogP contribution is 2.29. The van der Waals surface area contributed by atoms with Gasteiger partial charge in [-0.1, -0.05) is 0 Å². The van der Waals surface area contributed by atoms with Crippen LogP contribution >= 0.6 is 0 Å².